The molecule has 0 saturated heterocycles. The molecular formula is C14H17Cl2N5. The van der Waals surface area contributed by atoms with Crippen LogP contribution in [0.2, 0.25) is 10.0 Å². The molecule has 0 amide bonds. The van der Waals surface area contributed by atoms with Crippen molar-refractivity contribution in [1.82, 2.24) is 15.2 Å². The normalized spacial score (nSPS) is 10.4. The zero-order chi connectivity index (χ0) is 15.1. The Balaban J connectivity index is 2.02. The first kappa shape index (κ1) is 15.8. The monoisotopic (exact) mass is 325 g/mol. The van der Waals surface area contributed by atoms with Crippen LogP contribution in [0.4, 0.5) is 17.5 Å². The summed E-state index contributed by atoms with van der Waals surface area (Å²) in [6.07, 6.45) is 4.97. The second-order valence-corrected chi connectivity index (χ2v) is 5.39. The van der Waals surface area contributed by atoms with Gasteiger partial charge in [0.05, 0.1) is 16.9 Å². The maximum Gasteiger partial charge on any atom is 0.244 e. The number of nitrogens with zero attached hydrogens (tertiary/aromatic N) is 3. The van der Waals surface area contributed by atoms with Gasteiger partial charge in [0.1, 0.15) is 0 Å². The lowest BCUT2D eigenvalue weighted by Crippen LogP contribution is -2.07. The van der Waals surface area contributed by atoms with Gasteiger partial charge in [0, 0.05) is 11.6 Å². The van der Waals surface area contributed by atoms with E-state index in [-0.39, 0.29) is 0 Å². The minimum absolute atomic E-state index is 0.495. The minimum atomic E-state index is 0.495. The molecule has 7 heteroatoms. The van der Waals surface area contributed by atoms with Crippen molar-refractivity contribution in [3.05, 3.63) is 34.4 Å². The molecule has 21 heavy (non-hydrogen) atoms. The van der Waals surface area contributed by atoms with E-state index < -0.39 is 0 Å². The molecule has 5 nitrogen and oxygen atoms in total. The van der Waals surface area contributed by atoms with Crippen LogP contribution in [0.1, 0.15) is 26.2 Å². The lowest BCUT2D eigenvalue weighted by Gasteiger charge is -2.09. The average Bonchev–Trinajstić information content (AvgIpc) is 2.48. The third kappa shape index (κ3) is 5.02. The predicted molar refractivity (Wildman–Crippen MR) is 87.6 cm³/mol. The summed E-state index contributed by atoms with van der Waals surface area (Å²) in [4.78, 5) is 4.34. The second-order valence-electron chi connectivity index (χ2n) is 4.55. The Bertz CT molecular complexity index is 591. The Labute approximate surface area is 134 Å². The van der Waals surface area contributed by atoms with E-state index in [1.165, 1.54) is 19.0 Å². The van der Waals surface area contributed by atoms with Crippen LogP contribution >= 0.6 is 23.2 Å². The molecule has 0 unspecified atom stereocenters. The molecule has 0 radical (unpaired) electrons. The maximum absolute atomic E-state index is 6.10. The van der Waals surface area contributed by atoms with Crippen molar-refractivity contribution < 1.29 is 0 Å². The van der Waals surface area contributed by atoms with Crippen molar-refractivity contribution in [3.63, 3.8) is 0 Å². The first-order valence-corrected chi connectivity index (χ1v) is 7.60. The average molecular weight is 326 g/mol. The van der Waals surface area contributed by atoms with Crippen LogP contribution < -0.4 is 10.6 Å². The van der Waals surface area contributed by atoms with Crippen molar-refractivity contribution in [2.45, 2.75) is 26.2 Å². The molecular weight excluding hydrogens is 309 g/mol. The van der Waals surface area contributed by atoms with Gasteiger partial charge in [0.2, 0.25) is 5.95 Å². The number of aromatic nitrogens is 3. The molecule has 1 aromatic heterocycles. The maximum atomic E-state index is 6.10. The van der Waals surface area contributed by atoms with E-state index in [1.807, 2.05) is 0 Å². The zero-order valence-electron chi connectivity index (χ0n) is 11.7. The van der Waals surface area contributed by atoms with Crippen LogP contribution in [0.25, 0.3) is 0 Å². The van der Waals surface area contributed by atoms with E-state index in [9.17, 15) is 0 Å². The van der Waals surface area contributed by atoms with Crippen LogP contribution in [0.15, 0.2) is 24.4 Å². The Morgan fingerprint density at radius 2 is 2.05 bits per heavy atom. The first-order valence-electron chi connectivity index (χ1n) is 6.84. The molecule has 0 fully saturated rings. The molecule has 2 N–H and O–H groups in total. The van der Waals surface area contributed by atoms with E-state index in [0.29, 0.717) is 27.5 Å². The molecule has 0 aliphatic heterocycles. The summed E-state index contributed by atoms with van der Waals surface area (Å²) in [6.45, 7) is 2.99. The molecule has 0 atom stereocenters. The van der Waals surface area contributed by atoms with Crippen LogP contribution in [0, 0.1) is 0 Å². The molecule has 1 aromatic carbocycles. The van der Waals surface area contributed by atoms with E-state index in [4.69, 9.17) is 23.2 Å². The largest absolute Gasteiger partial charge is 0.353 e. The van der Waals surface area contributed by atoms with E-state index >= 15 is 0 Å². The summed E-state index contributed by atoms with van der Waals surface area (Å²) in [7, 11) is 0. The molecule has 0 spiro atoms. The van der Waals surface area contributed by atoms with Gasteiger partial charge in [-0.05, 0) is 24.6 Å². The number of unbranched alkanes of at least 4 members (excludes halogenated alkanes) is 2. The molecule has 2 aromatic rings. The molecule has 112 valence electrons. The van der Waals surface area contributed by atoms with E-state index in [0.717, 1.165) is 13.0 Å². The van der Waals surface area contributed by atoms with E-state index in [1.54, 1.807) is 18.2 Å². The van der Waals surface area contributed by atoms with Gasteiger partial charge in [0.25, 0.3) is 0 Å². The molecule has 0 aliphatic carbocycles. The number of rotatable bonds is 7. The third-order valence-electron chi connectivity index (χ3n) is 2.81. The summed E-state index contributed by atoms with van der Waals surface area (Å²) in [5.74, 6) is 1.06. The van der Waals surface area contributed by atoms with Crippen LogP contribution in [-0.2, 0) is 0 Å². The summed E-state index contributed by atoms with van der Waals surface area (Å²) in [6, 6.07) is 5.19. The molecule has 0 aliphatic rings. The molecule has 0 saturated carbocycles. The minimum Gasteiger partial charge on any atom is -0.353 e. The van der Waals surface area contributed by atoms with Gasteiger partial charge in [-0.3, -0.25) is 0 Å². The Kier molecular flexibility index (Phi) is 6.02. The van der Waals surface area contributed by atoms with Crippen LogP contribution in [-0.4, -0.2) is 21.7 Å². The smallest absolute Gasteiger partial charge is 0.244 e. The Hall–Kier alpha value is -1.59. The number of benzene rings is 1. The van der Waals surface area contributed by atoms with Gasteiger partial charge in [-0.1, -0.05) is 43.0 Å². The highest BCUT2D eigenvalue weighted by Crippen LogP contribution is 2.27. The fraction of sp³-hybridized carbons (Fsp3) is 0.357. The highest BCUT2D eigenvalue weighted by molar-refractivity contribution is 6.35. The zero-order valence-corrected chi connectivity index (χ0v) is 13.2. The van der Waals surface area contributed by atoms with Crippen LogP contribution in [0.5, 0.6) is 0 Å². The number of hydrogen-bond acceptors (Lipinski definition) is 5. The number of halogens is 2. The lowest BCUT2D eigenvalue weighted by atomic mass is 10.2. The molecule has 0 bridgehead atoms. The van der Waals surface area contributed by atoms with Gasteiger partial charge in [-0.2, -0.15) is 10.1 Å². The van der Waals surface area contributed by atoms with Crippen LogP contribution in [0.3, 0.4) is 0 Å². The predicted octanol–water partition coefficient (Wildman–Crippen LogP) is 4.52. The summed E-state index contributed by atoms with van der Waals surface area (Å²) >= 11 is 12.1. The third-order valence-corrected chi connectivity index (χ3v) is 3.38. The highest BCUT2D eigenvalue weighted by atomic mass is 35.5. The van der Waals surface area contributed by atoms with Gasteiger partial charge >= 0.3 is 0 Å². The van der Waals surface area contributed by atoms with Gasteiger partial charge < -0.3 is 10.6 Å². The Morgan fingerprint density at radius 1 is 1.19 bits per heavy atom. The quantitative estimate of drug-likeness (QED) is 0.732. The standard InChI is InChI=1S/C14H17Cl2N5/c1-2-3-4-7-17-14-20-13(9-18-21-14)19-12-8-10(15)5-6-11(12)16/h5-6,8-9H,2-4,7H2,1H3,(H2,17,19,20,21). The van der Waals surface area contributed by atoms with Crippen molar-refractivity contribution in [2.24, 2.45) is 0 Å². The number of hydrogen-bond donors (Lipinski definition) is 2. The lowest BCUT2D eigenvalue weighted by molar-refractivity contribution is 0.738. The van der Waals surface area contributed by atoms with Crippen molar-refractivity contribution in [1.29, 1.82) is 0 Å². The van der Waals surface area contributed by atoms with Gasteiger partial charge in [-0.15, -0.1) is 5.10 Å². The first-order chi connectivity index (χ1) is 10.2. The van der Waals surface area contributed by atoms with Gasteiger partial charge in [-0.25, -0.2) is 0 Å². The summed E-state index contributed by atoms with van der Waals surface area (Å²) in [5, 5.41) is 15.3. The summed E-state index contributed by atoms with van der Waals surface area (Å²) in [5.41, 5.74) is 0.682. The fourth-order valence-corrected chi connectivity index (χ4v) is 2.08. The Morgan fingerprint density at radius 3 is 2.86 bits per heavy atom. The van der Waals surface area contributed by atoms with Crippen molar-refractivity contribution >= 4 is 40.7 Å². The molecule has 1 heterocycles. The highest BCUT2D eigenvalue weighted by Gasteiger charge is 2.05. The SMILES string of the molecule is CCCCCNc1nncc(Nc2cc(Cl)ccc2Cl)n1. The number of anilines is 3. The van der Waals surface area contributed by atoms with Gasteiger partial charge in [0.15, 0.2) is 5.82 Å². The number of nitrogens with one attached hydrogen (secondary N) is 2. The van der Waals surface area contributed by atoms with E-state index in [2.05, 4.69) is 32.7 Å². The fourth-order valence-electron chi connectivity index (χ4n) is 1.75. The summed E-state index contributed by atoms with van der Waals surface area (Å²) < 4.78 is 0. The topological polar surface area (TPSA) is 62.7 Å². The molecule has 2 rings (SSSR count). The van der Waals surface area contributed by atoms with Crippen molar-refractivity contribution in [3.8, 4) is 0 Å². The van der Waals surface area contributed by atoms with Crippen molar-refractivity contribution in [2.75, 3.05) is 17.2 Å². The second kappa shape index (κ2) is 8.00.